The fourth-order valence-corrected chi connectivity index (χ4v) is 7.05. The van der Waals surface area contributed by atoms with E-state index in [1.165, 1.54) is 10.9 Å². The number of aromatic nitrogens is 4. The zero-order valence-corrected chi connectivity index (χ0v) is 25.3. The molecule has 238 valence electrons. The summed E-state index contributed by atoms with van der Waals surface area (Å²) in [5.74, 6) is 0.0451. The van der Waals surface area contributed by atoms with Crippen LogP contribution in [0.2, 0.25) is 0 Å². The first-order chi connectivity index (χ1) is 19.5. The molecule has 7 atom stereocenters. The fraction of sp³-hybridized carbons (Fsp3) is 0.667. The second kappa shape index (κ2) is 14.1. The molecule has 0 radical (unpaired) electrons. The molecule has 0 aromatic carbocycles. The predicted molar refractivity (Wildman–Crippen MR) is 143 cm³/mol. The Morgan fingerprint density at radius 3 is 2.48 bits per heavy atom. The molecule has 24 heteroatoms. The van der Waals surface area contributed by atoms with Crippen molar-refractivity contribution < 1.29 is 61.0 Å². The van der Waals surface area contributed by atoms with Crippen LogP contribution in [0.4, 0.5) is 5.82 Å². The maximum Gasteiger partial charge on any atom is 0.538 e. The largest absolute Gasteiger partial charge is 0.538 e. The lowest BCUT2D eigenvalue weighted by Crippen LogP contribution is -2.33. The maximum absolute atomic E-state index is 12.3. The Hall–Kier alpha value is -2.09. The summed E-state index contributed by atoms with van der Waals surface area (Å²) in [7, 11) is -13.0. The highest BCUT2D eigenvalue weighted by atomic mass is 31.3. The number of nitrogens with one attached hydrogen (secondary N) is 1. The summed E-state index contributed by atoms with van der Waals surface area (Å²) in [6.45, 7) is 1.67. The number of nitrogens with zero attached hydrogens (tertiary/aromatic N) is 6. The van der Waals surface area contributed by atoms with Crippen LogP contribution in [0.5, 0.6) is 0 Å². The zero-order valence-electron chi connectivity index (χ0n) is 22.6. The number of aliphatic imine (C=N–C) groups is 1. The van der Waals surface area contributed by atoms with Crippen LogP contribution in [-0.4, -0.2) is 114 Å². The normalized spacial score (nSPS) is 25.7. The van der Waals surface area contributed by atoms with Crippen molar-refractivity contribution in [1.29, 1.82) is 0 Å². The van der Waals surface area contributed by atoms with Crippen molar-refractivity contribution in [1.82, 2.24) is 29.7 Å². The van der Waals surface area contributed by atoms with Crippen LogP contribution < -0.4 is 11.1 Å². The number of hydrogen-bond acceptors (Lipinski definition) is 16. The molecule has 0 bridgehead atoms. The molecule has 0 saturated carbocycles. The maximum atomic E-state index is 12.3. The molecule has 1 aliphatic rings. The topological polar surface area (TPSA) is 296 Å². The van der Waals surface area contributed by atoms with E-state index in [0.717, 1.165) is 6.33 Å². The molecule has 42 heavy (non-hydrogen) atoms. The first-order valence-electron chi connectivity index (χ1n) is 12.2. The van der Waals surface area contributed by atoms with Gasteiger partial charge in [0, 0.05) is 13.1 Å². The lowest BCUT2D eigenvalue weighted by molar-refractivity contribution is -0.0503. The predicted octanol–water partition coefficient (Wildman–Crippen LogP) is -0.687. The van der Waals surface area contributed by atoms with Gasteiger partial charge in [-0.1, -0.05) is 0 Å². The van der Waals surface area contributed by atoms with Gasteiger partial charge in [0.2, 0.25) is 0 Å². The first-order valence-corrected chi connectivity index (χ1v) is 16.7. The van der Waals surface area contributed by atoms with E-state index in [9.17, 15) is 38.6 Å². The van der Waals surface area contributed by atoms with Gasteiger partial charge in [0.1, 0.15) is 30.2 Å². The number of ether oxygens (including phenoxy) is 1. The molecule has 0 amide bonds. The Labute approximate surface area is 239 Å². The van der Waals surface area contributed by atoms with Gasteiger partial charge in [-0.05, 0) is 34.0 Å². The molecule has 7 unspecified atom stereocenters. The fourth-order valence-electron chi connectivity index (χ4n) is 3.58. The van der Waals surface area contributed by atoms with E-state index in [4.69, 9.17) is 10.5 Å². The summed E-state index contributed by atoms with van der Waals surface area (Å²) in [6, 6.07) is -0.481. The molecule has 1 aliphatic heterocycles. The quantitative estimate of drug-likeness (QED) is 0.0570. The highest BCUT2D eigenvalue weighted by molar-refractivity contribution is 7.67. The van der Waals surface area contributed by atoms with Crippen LogP contribution in [0.1, 0.15) is 19.6 Å². The Balaban J connectivity index is 1.59. The summed E-state index contributed by atoms with van der Waals surface area (Å²) >= 11 is 0. The third-order valence-electron chi connectivity index (χ3n) is 5.36. The van der Waals surface area contributed by atoms with Crippen molar-refractivity contribution in [2.45, 2.75) is 37.9 Å². The van der Waals surface area contributed by atoms with Gasteiger partial charge in [-0.3, -0.25) is 14.0 Å². The number of amidine groups is 1. The number of fused-ring (bicyclic) bond motifs is 1. The minimum Gasteiger partial charge on any atom is -0.387 e. The van der Waals surface area contributed by atoms with Crippen LogP contribution in [0, 0.1) is 0 Å². The molecular weight excluding hydrogens is 629 g/mol. The number of anilines is 1. The second-order valence-corrected chi connectivity index (χ2v) is 13.5. The summed E-state index contributed by atoms with van der Waals surface area (Å²) in [4.78, 5) is 47.3. The van der Waals surface area contributed by atoms with Crippen molar-refractivity contribution >= 4 is 46.5 Å². The molecule has 3 rings (SSSR count). The number of nitrogen functional groups attached to an aromatic ring is 1. The third-order valence-corrected chi connectivity index (χ3v) is 9.54. The van der Waals surface area contributed by atoms with Gasteiger partial charge in [-0.2, -0.15) is 8.62 Å². The Bertz CT molecular complexity index is 1390. The highest BCUT2D eigenvalue weighted by Gasteiger charge is 2.47. The minimum atomic E-state index is -5.78. The van der Waals surface area contributed by atoms with E-state index in [1.807, 2.05) is 19.0 Å². The van der Waals surface area contributed by atoms with Crippen molar-refractivity contribution in [2.75, 3.05) is 46.1 Å². The van der Waals surface area contributed by atoms with Crippen molar-refractivity contribution in [3.8, 4) is 0 Å². The summed E-state index contributed by atoms with van der Waals surface area (Å²) in [5.41, 5.74) is 6.08. The number of aliphatic hydroxyl groups is 2. The monoisotopic (exact) mass is 662 g/mol. The minimum absolute atomic E-state index is 0.0451. The van der Waals surface area contributed by atoms with Crippen molar-refractivity contribution in [3.05, 3.63) is 12.7 Å². The van der Waals surface area contributed by atoms with Gasteiger partial charge in [0.15, 0.2) is 17.7 Å². The first kappa shape index (κ1) is 34.4. The summed E-state index contributed by atoms with van der Waals surface area (Å²) in [6.07, 6.45) is -3.16. The number of nitrogens with two attached hydrogens (primary N) is 1. The smallest absolute Gasteiger partial charge is 0.387 e. The van der Waals surface area contributed by atoms with Crippen LogP contribution in [0.25, 0.3) is 11.2 Å². The highest BCUT2D eigenvalue weighted by Crippen LogP contribution is 2.67. The molecule has 8 N–H and O–H groups in total. The van der Waals surface area contributed by atoms with E-state index in [-0.39, 0.29) is 30.1 Å². The van der Waals surface area contributed by atoms with Crippen molar-refractivity contribution in [2.24, 2.45) is 4.99 Å². The summed E-state index contributed by atoms with van der Waals surface area (Å²) in [5, 5.41) is 23.4. The molecular formula is C18H33N8O13P3. The molecule has 21 nitrogen and oxygen atoms in total. The lowest BCUT2D eigenvalue weighted by Gasteiger charge is -2.20. The second-order valence-electron chi connectivity index (χ2n) is 8.96. The van der Waals surface area contributed by atoms with Crippen LogP contribution >= 0.6 is 23.5 Å². The zero-order chi connectivity index (χ0) is 31.3. The van der Waals surface area contributed by atoms with Crippen LogP contribution in [-0.2, 0) is 36.1 Å². The van der Waals surface area contributed by atoms with E-state index in [2.05, 4.69) is 42.9 Å². The molecule has 2 aromatic rings. The number of rotatable bonds is 14. The van der Waals surface area contributed by atoms with Gasteiger partial charge < -0.3 is 45.2 Å². The van der Waals surface area contributed by atoms with Gasteiger partial charge in [0.05, 0.1) is 12.9 Å². The molecule has 1 saturated heterocycles. The Kier molecular flexibility index (Phi) is 11.6. The average molecular weight is 662 g/mol. The van der Waals surface area contributed by atoms with E-state index in [1.54, 1.807) is 6.92 Å². The van der Waals surface area contributed by atoms with Crippen LogP contribution in [0.3, 0.4) is 0 Å². The molecule has 3 heterocycles. The van der Waals surface area contributed by atoms with E-state index in [0.29, 0.717) is 13.0 Å². The molecule has 1 fully saturated rings. The van der Waals surface area contributed by atoms with Crippen molar-refractivity contribution in [3.63, 3.8) is 0 Å². The van der Waals surface area contributed by atoms with Gasteiger partial charge >= 0.3 is 23.5 Å². The third kappa shape index (κ3) is 9.45. The summed E-state index contributed by atoms with van der Waals surface area (Å²) < 4.78 is 61.1. The van der Waals surface area contributed by atoms with Crippen LogP contribution in [0.15, 0.2) is 17.6 Å². The SMILES string of the molecule is CCNC(=NCCCN(C)C)OP(=O)(O)OP(=O)(O)OP(=O)(O)OCC1OC(n2cnc3c(N)ncnc32)C(O)C1O. The Morgan fingerprint density at radius 2 is 1.81 bits per heavy atom. The van der Waals surface area contributed by atoms with E-state index >= 15 is 0 Å². The van der Waals surface area contributed by atoms with Gasteiger partial charge in [-0.15, -0.1) is 0 Å². The number of imidazole rings is 1. The van der Waals surface area contributed by atoms with Gasteiger partial charge in [0.25, 0.3) is 6.02 Å². The molecule has 2 aromatic heterocycles. The number of aliphatic hydroxyl groups excluding tert-OH is 2. The van der Waals surface area contributed by atoms with E-state index < -0.39 is 60.6 Å². The molecule has 0 aliphatic carbocycles. The average Bonchev–Trinajstić information content (AvgIpc) is 3.40. The molecule has 0 spiro atoms. The standard InChI is InChI=1S/C18H33N8O13P3/c1-4-20-18(21-6-5-7-25(2)3)37-41(31,32)39-42(33,34)38-40(29,30)35-8-11-13(27)14(28)17(36-11)26-10-24-12-15(19)22-9-23-16(12)26/h9-11,13-14,17,27-28H,4-8H2,1-3H3,(H,20,21)(H,29,30)(H,31,32)(H,33,34)(H2,19,22,23). The van der Waals surface area contributed by atoms with Gasteiger partial charge in [-0.25, -0.2) is 33.6 Å². The lowest BCUT2D eigenvalue weighted by atomic mass is 10.1. The number of hydrogen-bond donors (Lipinski definition) is 7. The number of phosphoric acid groups is 3. The number of phosphoric ester groups is 2. The Morgan fingerprint density at radius 1 is 1.12 bits per heavy atom.